The first-order valence-corrected chi connectivity index (χ1v) is 8.61. The van der Waals surface area contributed by atoms with Gasteiger partial charge in [-0.25, -0.2) is 9.97 Å². The van der Waals surface area contributed by atoms with Gasteiger partial charge in [-0.05, 0) is 56.5 Å². The topological polar surface area (TPSA) is 50.7 Å². The molecule has 0 amide bonds. The predicted octanol–water partition coefficient (Wildman–Crippen LogP) is 4.57. The van der Waals surface area contributed by atoms with Crippen molar-refractivity contribution in [2.24, 2.45) is 0 Å². The molecule has 2 heterocycles. The van der Waals surface area contributed by atoms with E-state index in [0.29, 0.717) is 0 Å². The molecule has 0 saturated carbocycles. The Kier molecular flexibility index (Phi) is 5.19. The molecule has 0 spiro atoms. The minimum Gasteiger partial charge on any atom is -0.304 e. The smallest absolute Gasteiger partial charge is 0.125 e. The second-order valence-electron chi connectivity index (χ2n) is 6.43. The van der Waals surface area contributed by atoms with Crippen LogP contribution in [0.25, 0.3) is 11.1 Å². The highest BCUT2D eigenvalue weighted by Crippen LogP contribution is 2.24. The van der Waals surface area contributed by atoms with Gasteiger partial charge in [0, 0.05) is 41.9 Å². The first kappa shape index (κ1) is 17.2. The number of rotatable bonds is 5. The van der Waals surface area contributed by atoms with E-state index >= 15 is 0 Å². The van der Waals surface area contributed by atoms with E-state index < -0.39 is 0 Å². The number of nitrogens with one attached hydrogen (secondary N) is 1. The van der Waals surface area contributed by atoms with Crippen LogP contribution in [0.2, 0.25) is 0 Å². The van der Waals surface area contributed by atoms with E-state index in [1.54, 1.807) is 0 Å². The van der Waals surface area contributed by atoms with Crippen LogP contribution in [0.5, 0.6) is 0 Å². The zero-order chi connectivity index (χ0) is 17.8. The molecule has 2 atom stereocenters. The van der Waals surface area contributed by atoms with E-state index in [2.05, 4.69) is 58.4 Å². The Morgan fingerprint density at radius 2 is 1.48 bits per heavy atom. The molecule has 0 bridgehead atoms. The van der Waals surface area contributed by atoms with Crippen LogP contribution in [0.1, 0.15) is 48.6 Å². The Labute approximate surface area is 149 Å². The maximum absolute atomic E-state index is 4.46. The standard InChI is InChI=1S/C21H24N4/c1-14(24-15(2)21-13-23-17(4)25-16(21)3)18-5-7-19(8-6-18)20-9-11-22-12-10-20/h5-15,24H,1-4H3. The number of nitrogens with zero attached hydrogens (tertiary/aromatic N) is 3. The fraction of sp³-hybridized carbons (Fsp3) is 0.286. The molecule has 1 aromatic carbocycles. The Balaban J connectivity index is 1.71. The molecule has 4 nitrogen and oxygen atoms in total. The van der Waals surface area contributed by atoms with Crippen molar-refractivity contribution < 1.29 is 0 Å². The Bertz CT molecular complexity index is 828. The van der Waals surface area contributed by atoms with Gasteiger partial charge >= 0.3 is 0 Å². The van der Waals surface area contributed by atoms with Crippen molar-refractivity contribution in [3.8, 4) is 11.1 Å². The van der Waals surface area contributed by atoms with Gasteiger partial charge < -0.3 is 5.32 Å². The summed E-state index contributed by atoms with van der Waals surface area (Å²) >= 11 is 0. The fourth-order valence-corrected chi connectivity index (χ4v) is 3.09. The van der Waals surface area contributed by atoms with Crippen LogP contribution in [0, 0.1) is 13.8 Å². The lowest BCUT2D eigenvalue weighted by atomic mass is 10.0. The average molecular weight is 332 g/mol. The molecule has 0 aliphatic rings. The third-order valence-electron chi connectivity index (χ3n) is 4.53. The van der Waals surface area contributed by atoms with Gasteiger partial charge in [0.25, 0.3) is 0 Å². The third kappa shape index (κ3) is 4.09. The molecule has 2 aromatic heterocycles. The molecule has 4 heteroatoms. The summed E-state index contributed by atoms with van der Waals surface area (Å²) in [7, 11) is 0. The number of pyridine rings is 1. The first-order valence-electron chi connectivity index (χ1n) is 8.61. The number of benzene rings is 1. The van der Waals surface area contributed by atoms with Crippen LogP contribution in [0.3, 0.4) is 0 Å². The summed E-state index contributed by atoms with van der Waals surface area (Å²) in [6, 6.07) is 13.2. The van der Waals surface area contributed by atoms with Gasteiger partial charge in [0.15, 0.2) is 0 Å². The zero-order valence-electron chi connectivity index (χ0n) is 15.2. The molecule has 25 heavy (non-hydrogen) atoms. The van der Waals surface area contributed by atoms with Gasteiger partial charge in [-0.15, -0.1) is 0 Å². The van der Waals surface area contributed by atoms with Crippen LogP contribution in [-0.2, 0) is 0 Å². The highest BCUT2D eigenvalue weighted by atomic mass is 15.0. The number of hydrogen-bond acceptors (Lipinski definition) is 4. The lowest BCUT2D eigenvalue weighted by Gasteiger charge is -2.22. The lowest BCUT2D eigenvalue weighted by Crippen LogP contribution is -2.23. The molecular weight excluding hydrogens is 308 g/mol. The Morgan fingerprint density at radius 3 is 2.12 bits per heavy atom. The maximum Gasteiger partial charge on any atom is 0.125 e. The SMILES string of the molecule is Cc1ncc(C(C)NC(C)c2ccc(-c3ccncc3)cc2)c(C)n1. The molecule has 0 saturated heterocycles. The Hall–Kier alpha value is -2.59. The van der Waals surface area contributed by atoms with Crippen molar-refractivity contribution in [2.45, 2.75) is 39.8 Å². The van der Waals surface area contributed by atoms with Crippen LogP contribution in [0.4, 0.5) is 0 Å². The normalized spacial score (nSPS) is 13.4. The van der Waals surface area contributed by atoms with E-state index in [0.717, 1.165) is 17.1 Å². The third-order valence-corrected chi connectivity index (χ3v) is 4.53. The van der Waals surface area contributed by atoms with E-state index in [-0.39, 0.29) is 12.1 Å². The van der Waals surface area contributed by atoms with Gasteiger partial charge in [0.05, 0.1) is 0 Å². The molecule has 0 fully saturated rings. The van der Waals surface area contributed by atoms with Crippen molar-refractivity contribution in [3.63, 3.8) is 0 Å². The van der Waals surface area contributed by atoms with Crippen molar-refractivity contribution in [3.05, 3.63) is 77.6 Å². The highest BCUT2D eigenvalue weighted by molar-refractivity contribution is 5.62. The largest absolute Gasteiger partial charge is 0.304 e. The average Bonchev–Trinajstić information content (AvgIpc) is 2.62. The predicted molar refractivity (Wildman–Crippen MR) is 101 cm³/mol. The monoisotopic (exact) mass is 332 g/mol. The zero-order valence-corrected chi connectivity index (χ0v) is 15.2. The first-order chi connectivity index (χ1) is 12.0. The van der Waals surface area contributed by atoms with Gasteiger partial charge in [-0.2, -0.15) is 0 Å². The van der Waals surface area contributed by atoms with Crippen molar-refractivity contribution >= 4 is 0 Å². The summed E-state index contributed by atoms with van der Waals surface area (Å²) in [6.07, 6.45) is 5.57. The lowest BCUT2D eigenvalue weighted by molar-refractivity contribution is 0.490. The molecule has 3 aromatic rings. The molecule has 0 aliphatic carbocycles. The summed E-state index contributed by atoms with van der Waals surface area (Å²) in [4.78, 5) is 12.9. The second kappa shape index (κ2) is 7.53. The molecule has 1 N–H and O–H groups in total. The van der Waals surface area contributed by atoms with Gasteiger partial charge in [0.1, 0.15) is 5.82 Å². The van der Waals surface area contributed by atoms with Crippen LogP contribution in [0.15, 0.2) is 55.0 Å². The van der Waals surface area contributed by atoms with Gasteiger partial charge in [-0.1, -0.05) is 24.3 Å². The van der Waals surface area contributed by atoms with Crippen molar-refractivity contribution in [1.82, 2.24) is 20.3 Å². The van der Waals surface area contributed by atoms with Gasteiger partial charge in [0.2, 0.25) is 0 Å². The molecule has 2 unspecified atom stereocenters. The summed E-state index contributed by atoms with van der Waals surface area (Å²) in [5, 5.41) is 3.64. The minimum absolute atomic E-state index is 0.190. The van der Waals surface area contributed by atoms with Crippen molar-refractivity contribution in [1.29, 1.82) is 0 Å². The van der Waals surface area contributed by atoms with Crippen LogP contribution >= 0.6 is 0 Å². The number of aromatic nitrogens is 3. The second-order valence-corrected chi connectivity index (χ2v) is 6.43. The van der Waals surface area contributed by atoms with E-state index in [9.17, 15) is 0 Å². The van der Waals surface area contributed by atoms with E-state index in [1.807, 2.05) is 44.6 Å². The fourth-order valence-electron chi connectivity index (χ4n) is 3.09. The maximum atomic E-state index is 4.46. The molecular formula is C21H24N4. The molecule has 128 valence electrons. The molecule has 0 aliphatic heterocycles. The van der Waals surface area contributed by atoms with Crippen LogP contribution in [-0.4, -0.2) is 15.0 Å². The van der Waals surface area contributed by atoms with Gasteiger partial charge in [-0.3, -0.25) is 4.98 Å². The van der Waals surface area contributed by atoms with Crippen molar-refractivity contribution in [2.75, 3.05) is 0 Å². The number of hydrogen-bond donors (Lipinski definition) is 1. The summed E-state index contributed by atoms with van der Waals surface area (Å²) in [5.74, 6) is 0.813. The summed E-state index contributed by atoms with van der Waals surface area (Å²) in [5.41, 5.74) is 5.83. The molecule has 3 rings (SSSR count). The number of aryl methyl sites for hydroxylation is 2. The van der Waals surface area contributed by atoms with E-state index in [1.165, 1.54) is 16.7 Å². The summed E-state index contributed by atoms with van der Waals surface area (Å²) < 4.78 is 0. The van der Waals surface area contributed by atoms with Crippen LogP contribution < -0.4 is 5.32 Å². The summed E-state index contributed by atoms with van der Waals surface area (Å²) in [6.45, 7) is 8.30. The van der Waals surface area contributed by atoms with E-state index in [4.69, 9.17) is 0 Å². The minimum atomic E-state index is 0.190. The Morgan fingerprint density at radius 1 is 0.840 bits per heavy atom. The highest BCUT2D eigenvalue weighted by Gasteiger charge is 2.14. The quantitative estimate of drug-likeness (QED) is 0.744. The molecule has 0 radical (unpaired) electrons.